The summed E-state index contributed by atoms with van der Waals surface area (Å²) in [6, 6.07) is 9.50. The molecule has 0 saturated heterocycles. The molecule has 1 aromatic carbocycles. The molecule has 1 nitrogen and oxygen atoms in total. The van der Waals surface area contributed by atoms with Crippen molar-refractivity contribution in [2.45, 2.75) is 31.7 Å². The Bertz CT molecular complexity index is 301. The normalized spacial score (nSPS) is 19.3. The van der Waals surface area contributed by atoms with Gasteiger partial charge in [-0.15, -0.1) is 0 Å². The lowest BCUT2D eigenvalue weighted by molar-refractivity contribution is 0.390. The van der Waals surface area contributed by atoms with Crippen LogP contribution < -0.4 is 5.32 Å². The van der Waals surface area contributed by atoms with Gasteiger partial charge in [-0.3, -0.25) is 0 Å². The minimum Gasteiger partial charge on any atom is -0.313 e. The maximum atomic E-state index is 3.48. The Morgan fingerprint density at radius 3 is 2.33 bits per heavy atom. The predicted octanol–water partition coefficient (Wildman–Crippen LogP) is 3.74. The van der Waals surface area contributed by atoms with Gasteiger partial charge in [-0.25, -0.2) is 0 Å². The van der Waals surface area contributed by atoms with Crippen LogP contribution in [0.15, 0.2) is 24.3 Å². The monoisotopic (exact) mass is 315 g/mol. The Morgan fingerprint density at radius 1 is 1.20 bits per heavy atom. The van der Waals surface area contributed by atoms with E-state index in [-0.39, 0.29) is 0 Å². The van der Waals surface area contributed by atoms with E-state index in [2.05, 4.69) is 59.2 Å². The molecule has 1 saturated carbocycles. The first kappa shape index (κ1) is 11.4. The molecule has 0 heterocycles. The van der Waals surface area contributed by atoms with E-state index in [0.717, 1.165) is 5.92 Å². The standard InChI is InChI=1S/C13H18IN/c1-15-13(10-4-2-3-5-10)11-6-8-12(14)9-7-11/h6-10,13,15H,2-5H2,1H3. The third kappa shape index (κ3) is 2.72. The first-order valence-electron chi connectivity index (χ1n) is 5.74. The van der Waals surface area contributed by atoms with Crippen molar-refractivity contribution < 1.29 is 0 Å². The van der Waals surface area contributed by atoms with Crippen molar-refractivity contribution >= 4 is 22.6 Å². The predicted molar refractivity (Wildman–Crippen MR) is 72.9 cm³/mol. The molecule has 1 fully saturated rings. The zero-order valence-corrected chi connectivity index (χ0v) is 11.3. The SMILES string of the molecule is CNC(c1ccc(I)cc1)C1CCCC1. The molecule has 1 aromatic rings. The van der Waals surface area contributed by atoms with Gasteiger partial charge in [0.2, 0.25) is 0 Å². The third-order valence-electron chi connectivity index (χ3n) is 3.41. The molecule has 1 aliphatic rings. The van der Waals surface area contributed by atoms with Crippen molar-refractivity contribution in [3.05, 3.63) is 33.4 Å². The van der Waals surface area contributed by atoms with Crippen LogP contribution in [-0.2, 0) is 0 Å². The summed E-state index contributed by atoms with van der Waals surface area (Å²) in [4.78, 5) is 0. The average molecular weight is 315 g/mol. The van der Waals surface area contributed by atoms with Gasteiger partial charge in [0, 0.05) is 9.61 Å². The highest BCUT2D eigenvalue weighted by atomic mass is 127. The van der Waals surface area contributed by atoms with E-state index in [4.69, 9.17) is 0 Å². The smallest absolute Gasteiger partial charge is 0.0346 e. The summed E-state index contributed by atoms with van der Waals surface area (Å²) in [5.41, 5.74) is 1.45. The van der Waals surface area contributed by atoms with Gasteiger partial charge in [0.25, 0.3) is 0 Å². The van der Waals surface area contributed by atoms with Gasteiger partial charge in [0.05, 0.1) is 0 Å². The average Bonchev–Trinajstić information content (AvgIpc) is 2.75. The molecule has 1 aliphatic carbocycles. The Morgan fingerprint density at radius 2 is 1.80 bits per heavy atom. The quantitative estimate of drug-likeness (QED) is 0.838. The molecule has 1 atom stereocenters. The first-order valence-corrected chi connectivity index (χ1v) is 6.82. The maximum Gasteiger partial charge on any atom is 0.0346 e. The van der Waals surface area contributed by atoms with Crippen LogP contribution in [0.1, 0.15) is 37.3 Å². The number of hydrogen-bond acceptors (Lipinski definition) is 1. The summed E-state index contributed by atoms with van der Waals surface area (Å²) < 4.78 is 1.32. The van der Waals surface area contributed by atoms with Crippen molar-refractivity contribution in [3.63, 3.8) is 0 Å². The number of rotatable bonds is 3. The molecule has 1 N–H and O–H groups in total. The van der Waals surface area contributed by atoms with Crippen LogP contribution in [0.25, 0.3) is 0 Å². The molecule has 0 bridgehead atoms. The van der Waals surface area contributed by atoms with Crippen molar-refractivity contribution in [2.24, 2.45) is 5.92 Å². The number of benzene rings is 1. The highest BCUT2D eigenvalue weighted by Crippen LogP contribution is 2.35. The minimum atomic E-state index is 0.560. The zero-order valence-electron chi connectivity index (χ0n) is 9.17. The second-order valence-corrected chi connectivity index (χ2v) is 5.61. The summed E-state index contributed by atoms with van der Waals surface area (Å²) in [6.07, 6.45) is 5.59. The Balaban J connectivity index is 2.14. The molecule has 2 rings (SSSR count). The fraction of sp³-hybridized carbons (Fsp3) is 0.538. The van der Waals surface area contributed by atoms with Gasteiger partial charge in [0.1, 0.15) is 0 Å². The van der Waals surface area contributed by atoms with Crippen LogP contribution >= 0.6 is 22.6 Å². The molecule has 82 valence electrons. The van der Waals surface area contributed by atoms with Crippen LogP contribution in [0.2, 0.25) is 0 Å². The fourth-order valence-electron chi connectivity index (χ4n) is 2.64. The summed E-state index contributed by atoms with van der Waals surface area (Å²) in [5.74, 6) is 0.843. The van der Waals surface area contributed by atoms with Crippen molar-refractivity contribution in [2.75, 3.05) is 7.05 Å². The fourth-order valence-corrected chi connectivity index (χ4v) is 2.99. The van der Waals surface area contributed by atoms with Crippen LogP contribution in [0.4, 0.5) is 0 Å². The third-order valence-corrected chi connectivity index (χ3v) is 4.13. The highest BCUT2D eigenvalue weighted by molar-refractivity contribution is 14.1. The molecule has 1 unspecified atom stereocenters. The molecule has 0 aliphatic heterocycles. The lowest BCUT2D eigenvalue weighted by atomic mass is 9.92. The molecule has 0 radical (unpaired) electrons. The van der Waals surface area contributed by atoms with E-state index in [1.54, 1.807) is 0 Å². The van der Waals surface area contributed by atoms with E-state index in [1.807, 2.05) is 0 Å². The molecular weight excluding hydrogens is 297 g/mol. The first-order chi connectivity index (χ1) is 7.31. The Labute approximate surface area is 106 Å². The molecule has 0 spiro atoms. The lowest BCUT2D eigenvalue weighted by Gasteiger charge is -2.23. The van der Waals surface area contributed by atoms with Gasteiger partial charge >= 0.3 is 0 Å². The van der Waals surface area contributed by atoms with Gasteiger partial charge < -0.3 is 5.32 Å². The number of halogens is 1. The molecule has 15 heavy (non-hydrogen) atoms. The second-order valence-electron chi connectivity index (χ2n) is 4.36. The van der Waals surface area contributed by atoms with Crippen LogP contribution in [0.5, 0.6) is 0 Å². The Hall–Kier alpha value is -0.0900. The van der Waals surface area contributed by atoms with Gasteiger partial charge in [0.15, 0.2) is 0 Å². The number of nitrogens with one attached hydrogen (secondary N) is 1. The van der Waals surface area contributed by atoms with Gasteiger partial charge in [-0.2, -0.15) is 0 Å². The molecule has 0 aromatic heterocycles. The van der Waals surface area contributed by atoms with Crippen molar-refractivity contribution in [1.82, 2.24) is 5.32 Å². The highest BCUT2D eigenvalue weighted by Gasteiger charge is 2.24. The topological polar surface area (TPSA) is 12.0 Å². The maximum absolute atomic E-state index is 3.48. The summed E-state index contributed by atoms with van der Waals surface area (Å²) in [6.45, 7) is 0. The van der Waals surface area contributed by atoms with Crippen molar-refractivity contribution in [3.8, 4) is 0 Å². The summed E-state index contributed by atoms with van der Waals surface area (Å²) in [7, 11) is 2.08. The largest absolute Gasteiger partial charge is 0.313 e. The van der Waals surface area contributed by atoms with Crippen LogP contribution in [-0.4, -0.2) is 7.05 Å². The number of hydrogen-bond donors (Lipinski definition) is 1. The molecule has 2 heteroatoms. The van der Waals surface area contributed by atoms with Crippen LogP contribution in [0.3, 0.4) is 0 Å². The second kappa shape index (κ2) is 5.30. The van der Waals surface area contributed by atoms with Crippen LogP contribution in [0, 0.1) is 9.49 Å². The minimum absolute atomic E-state index is 0.560. The van der Waals surface area contributed by atoms with Gasteiger partial charge in [-0.05, 0) is 66.1 Å². The lowest BCUT2D eigenvalue weighted by Crippen LogP contribution is -2.23. The van der Waals surface area contributed by atoms with E-state index >= 15 is 0 Å². The zero-order chi connectivity index (χ0) is 10.7. The van der Waals surface area contributed by atoms with E-state index in [0.29, 0.717) is 6.04 Å². The summed E-state index contributed by atoms with van der Waals surface area (Å²) in [5, 5.41) is 3.48. The van der Waals surface area contributed by atoms with Gasteiger partial charge in [-0.1, -0.05) is 25.0 Å². The molecular formula is C13H18IN. The molecule has 0 amide bonds. The van der Waals surface area contributed by atoms with E-state index in [9.17, 15) is 0 Å². The summed E-state index contributed by atoms with van der Waals surface area (Å²) >= 11 is 2.36. The van der Waals surface area contributed by atoms with E-state index < -0.39 is 0 Å². The van der Waals surface area contributed by atoms with E-state index in [1.165, 1.54) is 34.8 Å². The van der Waals surface area contributed by atoms with Crippen molar-refractivity contribution in [1.29, 1.82) is 0 Å². The Kier molecular flexibility index (Phi) is 4.03.